The molecule has 1 heterocycles. The molecule has 4 N–H and O–H groups in total. The maximum absolute atomic E-state index is 12.8. The molecule has 0 unspecified atom stereocenters. The summed E-state index contributed by atoms with van der Waals surface area (Å²) in [7, 11) is 0. The van der Waals surface area contributed by atoms with E-state index in [0.29, 0.717) is 28.7 Å². The largest absolute Gasteiger partial charge is 0.489 e. The van der Waals surface area contributed by atoms with Gasteiger partial charge in [0.25, 0.3) is 5.91 Å². The van der Waals surface area contributed by atoms with Crippen LogP contribution in [0.15, 0.2) is 66.7 Å². The number of anilines is 3. The lowest BCUT2D eigenvalue weighted by atomic mass is 10.1. The lowest BCUT2D eigenvalue weighted by Crippen LogP contribution is -2.27. The van der Waals surface area contributed by atoms with Crippen LogP contribution in [-0.2, 0) is 11.3 Å². The Kier molecular flexibility index (Phi) is 6.88. The van der Waals surface area contributed by atoms with Crippen LogP contribution in [0.2, 0.25) is 0 Å². The van der Waals surface area contributed by atoms with E-state index < -0.39 is 11.7 Å². The number of hydrogen-bond acceptors (Lipinski definition) is 7. The first-order valence-electron chi connectivity index (χ1n) is 10.9. The first kappa shape index (κ1) is 24.0. The van der Waals surface area contributed by atoms with Gasteiger partial charge in [0.15, 0.2) is 5.13 Å². The average Bonchev–Trinajstić information content (AvgIpc) is 3.17. The van der Waals surface area contributed by atoms with Crippen LogP contribution in [0, 0.1) is 0 Å². The van der Waals surface area contributed by atoms with Gasteiger partial charge in [-0.2, -0.15) is 0 Å². The minimum Gasteiger partial charge on any atom is -0.489 e. The molecule has 8 nitrogen and oxygen atoms in total. The SMILES string of the molecule is CC(C)(C)OC(=O)Nc1ccccc1NC(=O)c1ccc(COc2ccc3nc(N)sc3c2)cc1. The van der Waals surface area contributed by atoms with Crippen LogP contribution in [0.25, 0.3) is 10.2 Å². The van der Waals surface area contributed by atoms with E-state index in [-0.39, 0.29) is 5.91 Å². The third kappa shape index (κ3) is 6.48. The molecule has 0 aliphatic heterocycles. The number of thiazole rings is 1. The van der Waals surface area contributed by atoms with Gasteiger partial charge < -0.3 is 20.5 Å². The highest BCUT2D eigenvalue weighted by atomic mass is 32.1. The number of ether oxygens (including phenoxy) is 2. The van der Waals surface area contributed by atoms with Gasteiger partial charge in [-0.25, -0.2) is 9.78 Å². The Balaban J connectivity index is 1.37. The number of rotatable bonds is 6. The van der Waals surface area contributed by atoms with E-state index in [2.05, 4.69) is 15.6 Å². The molecule has 4 aromatic rings. The van der Waals surface area contributed by atoms with Crippen molar-refractivity contribution in [2.45, 2.75) is 33.0 Å². The molecule has 1 aromatic heterocycles. The highest BCUT2D eigenvalue weighted by Crippen LogP contribution is 2.28. The maximum atomic E-state index is 12.8. The molecule has 0 radical (unpaired) electrons. The van der Waals surface area contributed by atoms with Crippen molar-refractivity contribution < 1.29 is 19.1 Å². The summed E-state index contributed by atoms with van der Waals surface area (Å²) in [6.45, 7) is 5.70. The van der Waals surface area contributed by atoms with Gasteiger partial charge in [0.05, 0.1) is 21.6 Å². The van der Waals surface area contributed by atoms with Gasteiger partial charge in [-0.15, -0.1) is 0 Å². The molecule has 0 saturated heterocycles. The summed E-state index contributed by atoms with van der Waals surface area (Å²) in [5.74, 6) is 0.418. The quantitative estimate of drug-likeness (QED) is 0.303. The van der Waals surface area contributed by atoms with Crippen molar-refractivity contribution in [1.29, 1.82) is 0 Å². The van der Waals surface area contributed by atoms with Crippen molar-refractivity contribution in [3.63, 3.8) is 0 Å². The van der Waals surface area contributed by atoms with Crippen molar-refractivity contribution in [3.05, 3.63) is 77.9 Å². The summed E-state index contributed by atoms with van der Waals surface area (Å²) >= 11 is 1.41. The molecule has 0 aliphatic carbocycles. The molecule has 3 aromatic carbocycles. The molecule has 0 atom stereocenters. The highest BCUT2D eigenvalue weighted by Gasteiger charge is 2.18. The van der Waals surface area contributed by atoms with E-state index in [9.17, 15) is 9.59 Å². The van der Waals surface area contributed by atoms with Gasteiger partial charge in [0.1, 0.15) is 18.0 Å². The molecule has 0 fully saturated rings. The van der Waals surface area contributed by atoms with Gasteiger partial charge in [0, 0.05) is 5.56 Å². The van der Waals surface area contributed by atoms with Gasteiger partial charge in [-0.3, -0.25) is 10.1 Å². The van der Waals surface area contributed by atoms with Crippen molar-refractivity contribution in [2.75, 3.05) is 16.4 Å². The maximum Gasteiger partial charge on any atom is 0.412 e. The molecule has 0 saturated carbocycles. The second-order valence-electron chi connectivity index (χ2n) is 8.79. The fourth-order valence-electron chi connectivity index (χ4n) is 3.24. The summed E-state index contributed by atoms with van der Waals surface area (Å²) in [5.41, 5.74) is 8.27. The number of benzene rings is 3. The molecule has 35 heavy (non-hydrogen) atoms. The normalized spacial score (nSPS) is 11.2. The fraction of sp³-hybridized carbons (Fsp3) is 0.192. The summed E-state index contributed by atoms with van der Waals surface area (Å²) in [4.78, 5) is 29.2. The third-order valence-electron chi connectivity index (χ3n) is 4.81. The Morgan fingerprint density at radius 3 is 2.34 bits per heavy atom. The van der Waals surface area contributed by atoms with E-state index in [1.807, 2.05) is 30.3 Å². The molecular weight excluding hydrogens is 464 g/mol. The smallest absolute Gasteiger partial charge is 0.412 e. The molecule has 2 amide bonds. The number of nitrogens with zero attached hydrogens (tertiary/aromatic N) is 1. The fourth-order valence-corrected chi connectivity index (χ4v) is 4.00. The zero-order valence-corrected chi connectivity index (χ0v) is 20.4. The molecule has 4 rings (SSSR count). The highest BCUT2D eigenvalue weighted by molar-refractivity contribution is 7.22. The zero-order valence-electron chi connectivity index (χ0n) is 19.6. The number of amides is 2. The van der Waals surface area contributed by atoms with Crippen LogP contribution in [0.5, 0.6) is 5.75 Å². The topological polar surface area (TPSA) is 116 Å². The summed E-state index contributed by atoms with van der Waals surface area (Å²) in [6, 6.07) is 19.7. The van der Waals surface area contributed by atoms with Crippen molar-refractivity contribution in [2.24, 2.45) is 0 Å². The number of para-hydroxylation sites is 2. The van der Waals surface area contributed by atoms with Crippen LogP contribution in [0.1, 0.15) is 36.7 Å². The molecule has 9 heteroatoms. The van der Waals surface area contributed by atoms with Gasteiger partial charge in [-0.05, 0) is 68.8 Å². The van der Waals surface area contributed by atoms with Crippen LogP contribution in [0.3, 0.4) is 0 Å². The number of nitrogens with two attached hydrogens (primary N) is 1. The van der Waals surface area contributed by atoms with Crippen molar-refractivity contribution >= 4 is 50.1 Å². The number of aromatic nitrogens is 1. The number of hydrogen-bond donors (Lipinski definition) is 3. The Bertz CT molecular complexity index is 1360. The summed E-state index contributed by atoms with van der Waals surface area (Å²) < 4.78 is 12.1. The third-order valence-corrected chi connectivity index (χ3v) is 5.66. The molecule has 180 valence electrons. The second kappa shape index (κ2) is 10.0. The van der Waals surface area contributed by atoms with E-state index in [4.69, 9.17) is 15.2 Å². The van der Waals surface area contributed by atoms with E-state index in [1.54, 1.807) is 57.2 Å². The van der Waals surface area contributed by atoms with Crippen LogP contribution in [0.4, 0.5) is 21.3 Å². The van der Waals surface area contributed by atoms with Crippen LogP contribution in [-0.4, -0.2) is 22.6 Å². The lowest BCUT2D eigenvalue weighted by molar-refractivity contribution is 0.0635. The summed E-state index contributed by atoms with van der Waals surface area (Å²) in [6.07, 6.45) is -0.596. The minimum atomic E-state index is -0.629. The van der Waals surface area contributed by atoms with Crippen LogP contribution < -0.4 is 21.1 Å². The van der Waals surface area contributed by atoms with E-state index >= 15 is 0 Å². The Morgan fingerprint density at radius 1 is 0.971 bits per heavy atom. The first-order valence-corrected chi connectivity index (χ1v) is 11.8. The Morgan fingerprint density at radius 2 is 1.66 bits per heavy atom. The van der Waals surface area contributed by atoms with Gasteiger partial charge in [0.2, 0.25) is 0 Å². The standard InChI is InChI=1S/C26H26N4O4S/c1-26(2,3)34-25(32)30-20-7-5-4-6-19(20)28-23(31)17-10-8-16(9-11-17)15-33-18-12-13-21-22(14-18)35-24(27)29-21/h4-14H,15H2,1-3H3,(H2,27,29)(H,28,31)(H,30,32). The number of fused-ring (bicyclic) bond motifs is 1. The molecular formula is C26H26N4O4S. The second-order valence-corrected chi connectivity index (χ2v) is 9.86. The van der Waals surface area contributed by atoms with Gasteiger partial charge >= 0.3 is 6.09 Å². The van der Waals surface area contributed by atoms with Crippen LogP contribution >= 0.6 is 11.3 Å². The lowest BCUT2D eigenvalue weighted by Gasteiger charge is -2.20. The van der Waals surface area contributed by atoms with Crippen molar-refractivity contribution in [3.8, 4) is 5.75 Å². The predicted octanol–water partition coefficient (Wildman–Crippen LogP) is 6.06. The molecule has 0 spiro atoms. The van der Waals surface area contributed by atoms with Gasteiger partial charge in [-0.1, -0.05) is 35.6 Å². The number of nitrogens with one attached hydrogen (secondary N) is 2. The number of carbonyl (C=O) groups is 2. The average molecular weight is 491 g/mol. The van der Waals surface area contributed by atoms with Crippen molar-refractivity contribution in [1.82, 2.24) is 4.98 Å². The minimum absolute atomic E-state index is 0.302. The zero-order chi connectivity index (χ0) is 25.0. The number of carbonyl (C=O) groups excluding carboxylic acids is 2. The number of nitrogen functional groups attached to an aromatic ring is 1. The van der Waals surface area contributed by atoms with E-state index in [1.165, 1.54) is 11.3 Å². The Hall–Kier alpha value is -4.11. The molecule has 0 aliphatic rings. The Labute approximate surface area is 207 Å². The molecule has 0 bridgehead atoms. The monoisotopic (exact) mass is 490 g/mol. The van der Waals surface area contributed by atoms with E-state index in [0.717, 1.165) is 21.5 Å². The first-order chi connectivity index (χ1) is 16.7. The predicted molar refractivity (Wildman–Crippen MR) is 139 cm³/mol. The summed E-state index contributed by atoms with van der Waals surface area (Å²) in [5, 5.41) is 6.03.